The molecule has 0 bridgehead atoms. The van der Waals surface area contributed by atoms with Gasteiger partial charge in [-0.15, -0.1) is 11.8 Å². The van der Waals surface area contributed by atoms with Crippen LogP contribution in [0.15, 0.2) is 41.4 Å². The van der Waals surface area contributed by atoms with E-state index in [9.17, 15) is 0 Å². The molecule has 0 aliphatic heterocycles. The first-order valence-corrected chi connectivity index (χ1v) is 8.24. The summed E-state index contributed by atoms with van der Waals surface area (Å²) in [5.74, 6) is 1.56. The molecule has 0 spiro atoms. The molecule has 1 heterocycles. The molecule has 1 aromatic heterocycles. The molecule has 2 aromatic rings. The molecule has 0 amide bonds. The normalized spacial score (nSPS) is 12.3. The largest absolute Gasteiger partial charge is 0.383 e. The average Bonchev–Trinajstić information content (AvgIpc) is 2.48. The van der Waals surface area contributed by atoms with Crippen molar-refractivity contribution in [2.24, 2.45) is 0 Å². The van der Waals surface area contributed by atoms with Crippen LogP contribution in [0.1, 0.15) is 29.7 Å². The van der Waals surface area contributed by atoms with Crippen LogP contribution in [0.25, 0.3) is 0 Å². The van der Waals surface area contributed by atoms with Crippen molar-refractivity contribution in [2.75, 3.05) is 18.0 Å². The van der Waals surface area contributed by atoms with Crippen molar-refractivity contribution in [2.45, 2.75) is 31.7 Å². The minimum Gasteiger partial charge on any atom is -0.383 e. The van der Waals surface area contributed by atoms with E-state index in [1.54, 1.807) is 0 Å². The molecule has 4 heteroatoms. The average molecular weight is 301 g/mol. The predicted molar refractivity (Wildman–Crippen MR) is 91.7 cm³/mol. The monoisotopic (exact) mass is 301 g/mol. The molecule has 0 radical (unpaired) electrons. The zero-order chi connectivity index (χ0) is 15.2. The number of aryl methyl sites for hydroxylation is 2. The summed E-state index contributed by atoms with van der Waals surface area (Å²) in [6.45, 7) is 7.22. The number of hydrogen-bond acceptors (Lipinski definition) is 4. The molecule has 3 N–H and O–H groups in total. The van der Waals surface area contributed by atoms with Gasteiger partial charge in [-0.3, -0.25) is 0 Å². The fourth-order valence-corrected chi connectivity index (χ4v) is 3.39. The lowest BCUT2D eigenvalue weighted by molar-refractivity contribution is 0.605. The number of nitrogens with zero attached hydrogens (tertiary/aromatic N) is 1. The Morgan fingerprint density at radius 1 is 1.29 bits per heavy atom. The second kappa shape index (κ2) is 7.48. The maximum atomic E-state index is 6.06. The van der Waals surface area contributed by atoms with Crippen molar-refractivity contribution in [1.82, 2.24) is 10.3 Å². The van der Waals surface area contributed by atoms with Gasteiger partial charge in [0.05, 0.1) is 0 Å². The highest BCUT2D eigenvalue weighted by molar-refractivity contribution is 7.99. The number of hydrogen-bond donors (Lipinski definition) is 2. The molecule has 1 atom stereocenters. The highest BCUT2D eigenvalue weighted by atomic mass is 32.2. The van der Waals surface area contributed by atoms with E-state index in [0.29, 0.717) is 5.82 Å². The van der Waals surface area contributed by atoms with Crippen LogP contribution in [0.3, 0.4) is 0 Å². The SMILES string of the molecule is CCNC(CSc1ccccc1C)c1cc(C)cnc1N. The van der Waals surface area contributed by atoms with E-state index in [0.717, 1.165) is 23.4 Å². The minimum absolute atomic E-state index is 0.215. The topological polar surface area (TPSA) is 50.9 Å². The summed E-state index contributed by atoms with van der Waals surface area (Å²) in [7, 11) is 0. The van der Waals surface area contributed by atoms with Crippen LogP contribution >= 0.6 is 11.8 Å². The lowest BCUT2D eigenvalue weighted by Gasteiger charge is -2.20. The highest BCUT2D eigenvalue weighted by Gasteiger charge is 2.15. The molecule has 1 aromatic carbocycles. The quantitative estimate of drug-likeness (QED) is 0.798. The smallest absolute Gasteiger partial charge is 0.128 e. The van der Waals surface area contributed by atoms with Gasteiger partial charge in [-0.25, -0.2) is 4.98 Å². The molecule has 3 nitrogen and oxygen atoms in total. The molecule has 0 saturated heterocycles. The summed E-state index contributed by atoms with van der Waals surface area (Å²) in [6, 6.07) is 10.8. The summed E-state index contributed by atoms with van der Waals surface area (Å²) in [6.07, 6.45) is 1.82. The summed E-state index contributed by atoms with van der Waals surface area (Å²) in [4.78, 5) is 5.60. The van der Waals surface area contributed by atoms with Crippen molar-refractivity contribution in [3.8, 4) is 0 Å². The molecule has 21 heavy (non-hydrogen) atoms. The van der Waals surface area contributed by atoms with Gasteiger partial charge in [-0.05, 0) is 43.7 Å². The maximum Gasteiger partial charge on any atom is 0.128 e. The third kappa shape index (κ3) is 4.22. The van der Waals surface area contributed by atoms with Gasteiger partial charge < -0.3 is 11.1 Å². The van der Waals surface area contributed by atoms with Gasteiger partial charge in [0.1, 0.15) is 5.82 Å². The van der Waals surface area contributed by atoms with Crippen LogP contribution in [-0.4, -0.2) is 17.3 Å². The van der Waals surface area contributed by atoms with E-state index in [-0.39, 0.29) is 6.04 Å². The van der Waals surface area contributed by atoms with Gasteiger partial charge in [-0.2, -0.15) is 0 Å². The Morgan fingerprint density at radius 3 is 2.76 bits per heavy atom. The number of nitrogens with one attached hydrogen (secondary N) is 1. The van der Waals surface area contributed by atoms with Crippen LogP contribution in [-0.2, 0) is 0 Å². The molecular weight excluding hydrogens is 278 g/mol. The Labute approximate surface area is 131 Å². The van der Waals surface area contributed by atoms with Crippen molar-refractivity contribution >= 4 is 17.6 Å². The standard InChI is InChI=1S/C17H23N3S/c1-4-19-15(14-9-12(2)10-20-17(14)18)11-21-16-8-6-5-7-13(16)3/h5-10,15,19H,4,11H2,1-3H3,(H2,18,20). The fraction of sp³-hybridized carbons (Fsp3) is 0.353. The van der Waals surface area contributed by atoms with Gasteiger partial charge in [0.2, 0.25) is 0 Å². The zero-order valence-electron chi connectivity index (χ0n) is 12.9. The van der Waals surface area contributed by atoms with Crippen molar-refractivity contribution in [3.05, 3.63) is 53.2 Å². The van der Waals surface area contributed by atoms with E-state index in [2.05, 4.69) is 54.5 Å². The molecule has 0 aliphatic rings. The second-order valence-electron chi connectivity index (χ2n) is 5.17. The van der Waals surface area contributed by atoms with E-state index in [4.69, 9.17) is 5.73 Å². The van der Waals surface area contributed by atoms with E-state index in [1.807, 2.05) is 24.9 Å². The first-order chi connectivity index (χ1) is 10.1. The Morgan fingerprint density at radius 2 is 2.05 bits per heavy atom. The molecule has 0 fully saturated rings. The van der Waals surface area contributed by atoms with E-state index in [1.165, 1.54) is 10.5 Å². The lowest BCUT2D eigenvalue weighted by atomic mass is 10.1. The number of benzene rings is 1. The number of nitrogen functional groups attached to an aromatic ring is 1. The Hall–Kier alpha value is -1.52. The summed E-state index contributed by atoms with van der Waals surface area (Å²) < 4.78 is 0. The van der Waals surface area contributed by atoms with Crippen LogP contribution in [0, 0.1) is 13.8 Å². The van der Waals surface area contributed by atoms with Crippen LogP contribution in [0.2, 0.25) is 0 Å². The van der Waals surface area contributed by atoms with Crippen LogP contribution < -0.4 is 11.1 Å². The highest BCUT2D eigenvalue weighted by Crippen LogP contribution is 2.29. The van der Waals surface area contributed by atoms with Crippen LogP contribution in [0.5, 0.6) is 0 Å². The van der Waals surface area contributed by atoms with Gasteiger partial charge in [-0.1, -0.05) is 25.1 Å². The minimum atomic E-state index is 0.215. The summed E-state index contributed by atoms with van der Waals surface area (Å²) in [5.41, 5.74) is 9.61. The fourth-order valence-electron chi connectivity index (χ4n) is 2.28. The van der Waals surface area contributed by atoms with E-state index >= 15 is 0 Å². The number of aromatic nitrogens is 1. The number of thioether (sulfide) groups is 1. The molecular formula is C17H23N3S. The number of anilines is 1. The number of nitrogens with two attached hydrogens (primary N) is 1. The first kappa shape index (κ1) is 15.9. The van der Waals surface area contributed by atoms with Gasteiger partial charge in [0.15, 0.2) is 0 Å². The molecule has 112 valence electrons. The number of rotatable bonds is 6. The zero-order valence-corrected chi connectivity index (χ0v) is 13.7. The third-order valence-corrected chi connectivity index (χ3v) is 4.68. The third-order valence-electron chi connectivity index (χ3n) is 3.41. The number of pyridine rings is 1. The summed E-state index contributed by atoms with van der Waals surface area (Å²) in [5, 5.41) is 3.52. The Balaban J connectivity index is 2.16. The van der Waals surface area contributed by atoms with Gasteiger partial charge in [0.25, 0.3) is 0 Å². The van der Waals surface area contributed by atoms with Crippen molar-refractivity contribution in [1.29, 1.82) is 0 Å². The predicted octanol–water partition coefficient (Wildman–Crippen LogP) is 3.72. The van der Waals surface area contributed by atoms with Crippen molar-refractivity contribution in [3.63, 3.8) is 0 Å². The van der Waals surface area contributed by atoms with Crippen molar-refractivity contribution < 1.29 is 0 Å². The Kier molecular flexibility index (Phi) is 5.65. The molecule has 0 aliphatic carbocycles. The second-order valence-corrected chi connectivity index (χ2v) is 6.24. The lowest BCUT2D eigenvalue weighted by Crippen LogP contribution is -2.24. The summed E-state index contributed by atoms with van der Waals surface area (Å²) >= 11 is 1.86. The first-order valence-electron chi connectivity index (χ1n) is 7.25. The Bertz CT molecular complexity index is 598. The maximum absolute atomic E-state index is 6.06. The van der Waals surface area contributed by atoms with E-state index < -0.39 is 0 Å². The van der Waals surface area contributed by atoms with Gasteiger partial charge in [0, 0.05) is 28.5 Å². The molecule has 2 rings (SSSR count). The molecule has 0 saturated carbocycles. The van der Waals surface area contributed by atoms with Gasteiger partial charge >= 0.3 is 0 Å². The molecule has 1 unspecified atom stereocenters. The van der Waals surface area contributed by atoms with Crippen LogP contribution in [0.4, 0.5) is 5.82 Å².